The van der Waals surface area contributed by atoms with E-state index in [0.29, 0.717) is 18.5 Å². The predicted octanol–water partition coefficient (Wildman–Crippen LogP) is 0.809. The van der Waals surface area contributed by atoms with Gasteiger partial charge in [-0.05, 0) is 43.4 Å². The summed E-state index contributed by atoms with van der Waals surface area (Å²) in [5.74, 6) is 1.97. The molecule has 8 N–H and O–H groups in total. The van der Waals surface area contributed by atoms with Gasteiger partial charge in [-0.2, -0.15) is 0 Å². The molecule has 0 aromatic heterocycles. The van der Waals surface area contributed by atoms with E-state index in [-0.39, 0.29) is 50.5 Å². The van der Waals surface area contributed by atoms with Crippen LogP contribution in [0.3, 0.4) is 0 Å². The van der Waals surface area contributed by atoms with Crippen molar-refractivity contribution in [3.63, 3.8) is 0 Å². The summed E-state index contributed by atoms with van der Waals surface area (Å²) in [4.78, 5) is 76.7. The van der Waals surface area contributed by atoms with Gasteiger partial charge in [0, 0.05) is 36.3 Å². The fraction of sp³-hybridized carbons (Fsp3) is 0.543. The van der Waals surface area contributed by atoms with Gasteiger partial charge < -0.3 is 41.3 Å². The number of anilines is 1. The Bertz CT molecular complexity index is 1430. The molecule has 2 unspecified atom stereocenters. The van der Waals surface area contributed by atoms with Gasteiger partial charge in [-0.1, -0.05) is 46.8 Å². The number of rotatable bonds is 21. The number of nitrogens with zero attached hydrogens (tertiary/aromatic N) is 2. The Hall–Kier alpha value is -4.80. The zero-order chi connectivity index (χ0) is 38.3. The summed E-state index contributed by atoms with van der Waals surface area (Å²) in [6.07, 6.45) is 4.06. The van der Waals surface area contributed by atoms with Crippen molar-refractivity contribution in [1.82, 2.24) is 20.5 Å². The Morgan fingerprint density at radius 2 is 1.67 bits per heavy atom. The molecule has 0 fully saturated rings. The first-order chi connectivity index (χ1) is 24.0. The summed E-state index contributed by atoms with van der Waals surface area (Å²) < 4.78 is 11.1. The summed E-state index contributed by atoms with van der Waals surface area (Å²) >= 11 is 0. The van der Waals surface area contributed by atoms with Gasteiger partial charge in [0.2, 0.25) is 17.7 Å². The molecule has 51 heavy (non-hydrogen) atoms. The summed E-state index contributed by atoms with van der Waals surface area (Å²) in [6, 6.07) is 4.37. The molecule has 1 aromatic carbocycles. The zero-order valence-corrected chi connectivity index (χ0v) is 30.3. The molecule has 1 aliphatic heterocycles. The van der Waals surface area contributed by atoms with Crippen LogP contribution in [-0.4, -0.2) is 94.5 Å². The average molecular weight is 716 g/mol. The molecule has 0 saturated heterocycles. The maximum absolute atomic E-state index is 13.3. The van der Waals surface area contributed by atoms with Crippen LogP contribution in [0.5, 0.6) is 0 Å². The lowest BCUT2D eigenvalue weighted by Gasteiger charge is -2.30. The van der Waals surface area contributed by atoms with Gasteiger partial charge in [-0.25, -0.2) is 5.84 Å². The summed E-state index contributed by atoms with van der Waals surface area (Å²) in [5, 5.41) is 18.3. The summed E-state index contributed by atoms with van der Waals surface area (Å²) in [7, 11) is 0. The number of imide groups is 1. The normalized spacial score (nSPS) is 15.4. The molecule has 5 amide bonds. The number of carbonyl (C=O) groups is 6. The number of amides is 5. The minimum absolute atomic E-state index is 0.0371. The number of hydrogen-bond donors (Lipinski definition) is 6. The van der Waals surface area contributed by atoms with E-state index in [1.54, 1.807) is 52.0 Å². The van der Waals surface area contributed by atoms with Crippen LogP contribution >= 0.6 is 0 Å². The number of aliphatic hydroxyl groups excluding tert-OH is 1. The second-order valence-corrected chi connectivity index (χ2v) is 13.1. The molecule has 1 heterocycles. The molecule has 1 aromatic rings. The van der Waals surface area contributed by atoms with E-state index in [1.165, 1.54) is 11.2 Å². The Labute approximate surface area is 298 Å². The lowest BCUT2D eigenvalue weighted by Crippen LogP contribution is -2.53. The molecule has 3 atom stereocenters. The number of aliphatic hydroxyl groups is 1. The van der Waals surface area contributed by atoms with Crippen molar-refractivity contribution < 1.29 is 43.3 Å². The first kappa shape index (κ1) is 42.4. The molecule has 0 radical (unpaired) electrons. The number of benzene rings is 1. The van der Waals surface area contributed by atoms with Gasteiger partial charge in [0.15, 0.2) is 0 Å². The van der Waals surface area contributed by atoms with Gasteiger partial charge in [-0.15, -0.1) is 0 Å². The summed E-state index contributed by atoms with van der Waals surface area (Å²) in [5.41, 5.74) is 6.90. The third-order valence-corrected chi connectivity index (χ3v) is 8.20. The predicted molar refractivity (Wildman–Crippen MR) is 188 cm³/mol. The molecule has 16 nitrogen and oxygen atoms in total. The number of ether oxygens (including phenoxy) is 2. The number of nitrogens with two attached hydrogens (primary N) is 2. The molecule has 0 bridgehead atoms. The third kappa shape index (κ3) is 13.8. The van der Waals surface area contributed by atoms with E-state index >= 15 is 0 Å². The summed E-state index contributed by atoms with van der Waals surface area (Å²) in [6.45, 7) is 10.7. The van der Waals surface area contributed by atoms with Crippen LogP contribution in [0.2, 0.25) is 0 Å². The number of esters is 1. The highest BCUT2D eigenvalue weighted by Gasteiger charge is 2.35. The fourth-order valence-corrected chi connectivity index (χ4v) is 4.84. The second-order valence-electron chi connectivity index (χ2n) is 13.1. The van der Waals surface area contributed by atoms with E-state index in [1.807, 2.05) is 13.8 Å². The maximum atomic E-state index is 13.3. The molecular formula is C35H53N7O9. The van der Waals surface area contributed by atoms with Crippen LogP contribution in [0.15, 0.2) is 48.3 Å². The number of hydrogen-bond acceptors (Lipinski definition) is 12. The second kappa shape index (κ2) is 20.1. The average Bonchev–Trinajstić information content (AvgIpc) is 3.40. The maximum Gasteiger partial charge on any atom is 0.308 e. The van der Waals surface area contributed by atoms with Crippen LogP contribution in [0.4, 0.5) is 5.69 Å². The topological polar surface area (TPSA) is 236 Å². The van der Waals surface area contributed by atoms with Gasteiger partial charge >= 0.3 is 5.97 Å². The van der Waals surface area contributed by atoms with Crippen LogP contribution in [0.1, 0.15) is 66.4 Å². The minimum Gasteiger partial charge on any atom is -0.461 e. The van der Waals surface area contributed by atoms with Gasteiger partial charge in [-0.3, -0.25) is 33.7 Å². The first-order valence-electron chi connectivity index (χ1n) is 16.9. The minimum atomic E-state index is -1.22. The Kier molecular flexibility index (Phi) is 16.7. The van der Waals surface area contributed by atoms with Crippen molar-refractivity contribution in [2.24, 2.45) is 23.4 Å². The van der Waals surface area contributed by atoms with Crippen LogP contribution in [0.25, 0.3) is 0 Å². The Morgan fingerprint density at radius 1 is 1.04 bits per heavy atom. The highest BCUT2D eigenvalue weighted by atomic mass is 16.5. The zero-order valence-electron chi connectivity index (χ0n) is 30.3. The smallest absolute Gasteiger partial charge is 0.308 e. The molecule has 282 valence electrons. The number of hydrazine groups is 1. The van der Waals surface area contributed by atoms with E-state index in [4.69, 9.17) is 21.1 Å². The van der Waals surface area contributed by atoms with Crippen molar-refractivity contribution in [2.75, 3.05) is 31.6 Å². The van der Waals surface area contributed by atoms with E-state index < -0.39 is 59.6 Å². The fourth-order valence-electron chi connectivity index (χ4n) is 4.84. The highest BCUT2D eigenvalue weighted by Crippen LogP contribution is 2.20. The van der Waals surface area contributed by atoms with Gasteiger partial charge in [0.1, 0.15) is 12.6 Å². The monoisotopic (exact) mass is 715 g/mol. The van der Waals surface area contributed by atoms with Crippen molar-refractivity contribution in [3.8, 4) is 0 Å². The lowest BCUT2D eigenvalue weighted by molar-refractivity contribution is -0.148. The standard InChI is InChI=1S/C35H53N7O9/c1-7-35(6,14-16-43)51-17-15-41(37)20-26(36)27(42-30(46)12-13-31(42)47)18-28(44)40-32(22(2)3)33(48)38-19-29(45)39-25-10-8-24(9-11-25)21-50-34(49)23(4)5/h8-13,20,22-23,27,32,43H,7,14-19,21,36-37H2,1-6H3,(H,38,48)(H,39,45)(H,40,44)/b26-20-/t27-,32?,35?/m1/s1. The van der Waals surface area contributed by atoms with Crippen LogP contribution < -0.4 is 27.5 Å². The molecule has 0 saturated carbocycles. The SMILES string of the molecule is CCC(C)(CCO)OCCN(N)/C=C(\N)[C@@H](CC(=O)NC(C(=O)NCC(=O)Nc1ccc(COC(=O)C(C)C)cc1)C(C)C)N1C(=O)C=CC1=O. The van der Waals surface area contributed by atoms with Crippen molar-refractivity contribution >= 4 is 41.2 Å². The van der Waals surface area contributed by atoms with E-state index in [9.17, 15) is 33.9 Å². The van der Waals surface area contributed by atoms with Crippen LogP contribution in [-0.2, 0) is 44.8 Å². The van der Waals surface area contributed by atoms with Gasteiger partial charge in [0.05, 0.1) is 43.7 Å². The van der Waals surface area contributed by atoms with Crippen LogP contribution in [0, 0.1) is 11.8 Å². The highest BCUT2D eigenvalue weighted by molar-refractivity contribution is 6.13. The Morgan fingerprint density at radius 3 is 2.22 bits per heavy atom. The molecule has 0 spiro atoms. The van der Waals surface area contributed by atoms with Crippen molar-refractivity contribution in [2.45, 2.75) is 85.1 Å². The number of nitrogens with one attached hydrogen (secondary N) is 3. The van der Waals surface area contributed by atoms with Crippen molar-refractivity contribution in [3.05, 3.63) is 53.9 Å². The Balaban J connectivity index is 2.02. The molecular weight excluding hydrogens is 662 g/mol. The van der Waals surface area contributed by atoms with E-state index in [2.05, 4.69) is 16.0 Å². The molecule has 16 heteroatoms. The number of carbonyl (C=O) groups excluding carboxylic acids is 6. The largest absolute Gasteiger partial charge is 0.461 e. The first-order valence-corrected chi connectivity index (χ1v) is 16.9. The molecule has 2 rings (SSSR count). The van der Waals surface area contributed by atoms with Crippen molar-refractivity contribution in [1.29, 1.82) is 0 Å². The molecule has 1 aliphatic rings. The van der Waals surface area contributed by atoms with E-state index in [0.717, 1.165) is 22.6 Å². The lowest BCUT2D eigenvalue weighted by atomic mass is 9.99. The third-order valence-electron chi connectivity index (χ3n) is 8.20. The molecule has 0 aliphatic carbocycles. The quantitative estimate of drug-likeness (QED) is 0.0449. The van der Waals surface area contributed by atoms with Gasteiger partial charge in [0.25, 0.3) is 11.8 Å².